The molecule has 1 aromatic heterocycles. The topological polar surface area (TPSA) is 101 Å². The molecule has 0 bridgehead atoms. The van der Waals surface area contributed by atoms with E-state index in [1.807, 2.05) is 6.92 Å². The molecular weight excluding hydrogens is 262 g/mol. The zero-order valence-electron chi connectivity index (χ0n) is 11.2. The monoisotopic (exact) mass is 279 g/mol. The highest BCUT2D eigenvalue weighted by Crippen LogP contribution is 2.16. The van der Waals surface area contributed by atoms with Crippen LogP contribution in [0.15, 0.2) is 18.3 Å². The van der Waals surface area contributed by atoms with Crippen molar-refractivity contribution < 1.29 is 19.4 Å². The highest BCUT2D eigenvalue weighted by molar-refractivity contribution is 5.85. The van der Waals surface area contributed by atoms with E-state index in [0.29, 0.717) is 13.2 Å². The second-order valence-corrected chi connectivity index (χ2v) is 5.03. The maximum absolute atomic E-state index is 11.8. The van der Waals surface area contributed by atoms with E-state index in [2.05, 4.69) is 15.6 Å². The molecule has 2 amide bonds. The number of hydrogen-bond donors (Lipinski definition) is 3. The first-order chi connectivity index (χ1) is 9.48. The Morgan fingerprint density at radius 3 is 2.85 bits per heavy atom. The van der Waals surface area contributed by atoms with Crippen LogP contribution in [0.25, 0.3) is 0 Å². The highest BCUT2D eigenvalue weighted by atomic mass is 16.5. The molecule has 3 N–H and O–H groups in total. The third-order valence-corrected chi connectivity index (χ3v) is 3.13. The van der Waals surface area contributed by atoms with Gasteiger partial charge in [0.05, 0.1) is 12.1 Å². The van der Waals surface area contributed by atoms with Crippen molar-refractivity contribution in [3.8, 4) is 0 Å². The van der Waals surface area contributed by atoms with Crippen LogP contribution >= 0.6 is 0 Å². The number of ether oxygens (including phenoxy) is 1. The van der Waals surface area contributed by atoms with E-state index in [-0.39, 0.29) is 23.8 Å². The molecule has 0 saturated carbocycles. The van der Waals surface area contributed by atoms with Crippen molar-refractivity contribution in [2.24, 2.45) is 0 Å². The highest BCUT2D eigenvalue weighted by Gasteiger charge is 2.31. The largest absolute Gasteiger partial charge is 0.477 e. The minimum atomic E-state index is -1.07. The van der Waals surface area contributed by atoms with Gasteiger partial charge in [0.1, 0.15) is 5.69 Å². The molecule has 2 heterocycles. The fraction of sp³-hybridized carbons (Fsp3) is 0.462. The molecule has 20 heavy (non-hydrogen) atoms. The molecule has 1 aromatic rings. The third-order valence-electron chi connectivity index (χ3n) is 3.13. The molecule has 2 rings (SSSR count). The first-order valence-corrected chi connectivity index (χ1v) is 6.30. The van der Waals surface area contributed by atoms with Gasteiger partial charge in [-0.2, -0.15) is 0 Å². The Bertz CT molecular complexity index is 495. The van der Waals surface area contributed by atoms with Gasteiger partial charge in [-0.05, 0) is 25.0 Å². The summed E-state index contributed by atoms with van der Waals surface area (Å²) < 4.78 is 5.25. The number of carbonyl (C=O) groups is 2. The van der Waals surface area contributed by atoms with Gasteiger partial charge in [0.2, 0.25) is 0 Å². The van der Waals surface area contributed by atoms with Crippen LogP contribution in [0.4, 0.5) is 4.79 Å². The molecular formula is C13H17N3O4. The van der Waals surface area contributed by atoms with Crippen molar-refractivity contribution in [1.29, 1.82) is 0 Å². The molecule has 7 heteroatoms. The molecule has 0 radical (unpaired) electrons. The summed E-state index contributed by atoms with van der Waals surface area (Å²) in [5.41, 5.74) is 0.391. The SMILES string of the molecule is CC1(NC(=O)NCc2ccc(C(=O)O)nc2)CCOC1. The Morgan fingerprint density at radius 2 is 2.30 bits per heavy atom. The summed E-state index contributed by atoms with van der Waals surface area (Å²) in [6.45, 7) is 3.38. The Labute approximate surface area is 116 Å². The fourth-order valence-electron chi connectivity index (χ4n) is 1.92. The first-order valence-electron chi connectivity index (χ1n) is 6.30. The number of carboxylic acids is 1. The number of rotatable bonds is 4. The summed E-state index contributed by atoms with van der Waals surface area (Å²) in [6, 6.07) is 2.75. The maximum atomic E-state index is 11.8. The number of amides is 2. The van der Waals surface area contributed by atoms with Gasteiger partial charge in [0.15, 0.2) is 0 Å². The minimum Gasteiger partial charge on any atom is -0.477 e. The van der Waals surface area contributed by atoms with Crippen LogP contribution in [0.5, 0.6) is 0 Å². The lowest BCUT2D eigenvalue weighted by Gasteiger charge is -2.23. The van der Waals surface area contributed by atoms with E-state index in [4.69, 9.17) is 9.84 Å². The summed E-state index contributed by atoms with van der Waals surface area (Å²) in [5, 5.41) is 14.3. The lowest BCUT2D eigenvalue weighted by molar-refractivity contribution is 0.0690. The van der Waals surface area contributed by atoms with Gasteiger partial charge in [-0.25, -0.2) is 14.6 Å². The van der Waals surface area contributed by atoms with Crippen LogP contribution in [0, 0.1) is 0 Å². The van der Waals surface area contributed by atoms with Crippen molar-refractivity contribution in [3.05, 3.63) is 29.6 Å². The Kier molecular flexibility index (Phi) is 4.19. The summed E-state index contributed by atoms with van der Waals surface area (Å²) in [5.74, 6) is -1.07. The van der Waals surface area contributed by atoms with E-state index >= 15 is 0 Å². The number of pyridine rings is 1. The molecule has 1 aliphatic heterocycles. The number of aromatic nitrogens is 1. The third kappa shape index (κ3) is 3.67. The van der Waals surface area contributed by atoms with Gasteiger partial charge < -0.3 is 20.5 Å². The number of carboxylic acid groups (broad SMARTS) is 1. The van der Waals surface area contributed by atoms with Crippen LogP contribution in [-0.2, 0) is 11.3 Å². The molecule has 1 atom stereocenters. The van der Waals surface area contributed by atoms with Gasteiger partial charge in [0.25, 0.3) is 0 Å². The molecule has 1 fully saturated rings. The second kappa shape index (κ2) is 5.87. The van der Waals surface area contributed by atoms with Gasteiger partial charge in [-0.15, -0.1) is 0 Å². The number of nitrogens with one attached hydrogen (secondary N) is 2. The molecule has 1 unspecified atom stereocenters. The van der Waals surface area contributed by atoms with Crippen molar-refractivity contribution >= 4 is 12.0 Å². The molecule has 0 spiro atoms. The predicted molar refractivity (Wildman–Crippen MR) is 70.4 cm³/mol. The summed E-state index contributed by atoms with van der Waals surface area (Å²) in [7, 11) is 0. The lowest BCUT2D eigenvalue weighted by Crippen LogP contribution is -2.50. The zero-order valence-corrected chi connectivity index (χ0v) is 11.2. The fourth-order valence-corrected chi connectivity index (χ4v) is 1.92. The van der Waals surface area contributed by atoms with Gasteiger partial charge in [-0.1, -0.05) is 6.07 Å². The van der Waals surface area contributed by atoms with Gasteiger partial charge in [-0.3, -0.25) is 0 Å². The zero-order chi connectivity index (χ0) is 14.6. The van der Waals surface area contributed by atoms with Crippen LogP contribution in [0.2, 0.25) is 0 Å². The number of aromatic carboxylic acids is 1. The first kappa shape index (κ1) is 14.3. The summed E-state index contributed by atoms with van der Waals surface area (Å²) >= 11 is 0. The van der Waals surface area contributed by atoms with E-state index in [1.165, 1.54) is 12.3 Å². The Hall–Kier alpha value is -2.15. The van der Waals surface area contributed by atoms with Gasteiger partial charge >= 0.3 is 12.0 Å². The number of urea groups is 1. The standard InChI is InChI=1S/C13H17N3O4/c1-13(4-5-20-8-13)16-12(19)15-7-9-2-3-10(11(17)18)14-6-9/h2-3,6H,4-5,7-8H2,1H3,(H,17,18)(H2,15,16,19). The lowest BCUT2D eigenvalue weighted by atomic mass is 10.0. The van der Waals surface area contributed by atoms with Crippen molar-refractivity contribution in [1.82, 2.24) is 15.6 Å². The number of hydrogen-bond acceptors (Lipinski definition) is 4. The van der Waals surface area contributed by atoms with Crippen molar-refractivity contribution in [3.63, 3.8) is 0 Å². The Balaban J connectivity index is 1.82. The van der Waals surface area contributed by atoms with E-state index in [0.717, 1.165) is 12.0 Å². The van der Waals surface area contributed by atoms with Crippen LogP contribution in [0.1, 0.15) is 29.4 Å². The maximum Gasteiger partial charge on any atom is 0.354 e. The van der Waals surface area contributed by atoms with Crippen molar-refractivity contribution in [2.75, 3.05) is 13.2 Å². The van der Waals surface area contributed by atoms with Crippen LogP contribution in [0.3, 0.4) is 0 Å². The summed E-state index contributed by atoms with van der Waals surface area (Å²) in [6.07, 6.45) is 2.22. The number of nitrogens with zero attached hydrogens (tertiary/aromatic N) is 1. The second-order valence-electron chi connectivity index (χ2n) is 5.03. The molecule has 108 valence electrons. The normalized spacial score (nSPS) is 21.4. The number of carbonyl (C=O) groups excluding carboxylic acids is 1. The molecule has 7 nitrogen and oxygen atoms in total. The predicted octanol–water partition coefficient (Wildman–Crippen LogP) is 0.758. The quantitative estimate of drug-likeness (QED) is 0.755. The van der Waals surface area contributed by atoms with E-state index in [9.17, 15) is 9.59 Å². The van der Waals surface area contributed by atoms with Crippen LogP contribution in [-0.4, -0.2) is 40.8 Å². The molecule has 1 saturated heterocycles. The Morgan fingerprint density at radius 1 is 1.50 bits per heavy atom. The average Bonchev–Trinajstić information content (AvgIpc) is 2.83. The van der Waals surface area contributed by atoms with Crippen LogP contribution < -0.4 is 10.6 Å². The average molecular weight is 279 g/mol. The van der Waals surface area contributed by atoms with Crippen molar-refractivity contribution in [2.45, 2.75) is 25.4 Å². The smallest absolute Gasteiger partial charge is 0.354 e. The molecule has 0 aromatic carbocycles. The molecule has 0 aliphatic carbocycles. The summed E-state index contributed by atoms with van der Waals surface area (Å²) in [4.78, 5) is 26.2. The minimum absolute atomic E-state index is 0.0196. The molecule has 1 aliphatic rings. The van der Waals surface area contributed by atoms with E-state index < -0.39 is 5.97 Å². The van der Waals surface area contributed by atoms with E-state index in [1.54, 1.807) is 6.07 Å². The van der Waals surface area contributed by atoms with Gasteiger partial charge in [0, 0.05) is 19.3 Å².